The van der Waals surface area contributed by atoms with E-state index in [2.05, 4.69) is 15.9 Å². The molecule has 25 heavy (non-hydrogen) atoms. The Kier molecular flexibility index (Phi) is 5.20. The lowest BCUT2D eigenvalue weighted by Crippen LogP contribution is -2.39. The van der Waals surface area contributed by atoms with Crippen molar-refractivity contribution in [2.24, 2.45) is 0 Å². The molecule has 6 heteroatoms. The third-order valence-electron chi connectivity index (χ3n) is 4.01. The van der Waals surface area contributed by atoms with E-state index in [1.165, 1.54) is 4.90 Å². The fourth-order valence-electron chi connectivity index (χ4n) is 2.91. The van der Waals surface area contributed by atoms with Gasteiger partial charge in [0.15, 0.2) is 0 Å². The van der Waals surface area contributed by atoms with Gasteiger partial charge in [0.2, 0.25) is 0 Å². The number of halogens is 1. The van der Waals surface area contributed by atoms with Crippen LogP contribution in [0.15, 0.2) is 46.9 Å². The molecule has 0 fully saturated rings. The summed E-state index contributed by atoms with van der Waals surface area (Å²) in [6, 6.07) is 13.2. The lowest BCUT2D eigenvalue weighted by Gasteiger charge is -2.25. The highest BCUT2D eigenvalue weighted by Gasteiger charge is 2.37. The lowest BCUT2D eigenvalue weighted by molar-refractivity contribution is -0.114. The molecule has 0 aromatic heterocycles. The number of carbonyl (C=O) groups excluding carboxylic acids is 2. The van der Waals surface area contributed by atoms with Gasteiger partial charge in [0.1, 0.15) is 5.75 Å². The highest BCUT2D eigenvalue weighted by molar-refractivity contribution is 9.10. The molecule has 0 atom stereocenters. The molecule has 1 aliphatic heterocycles. The van der Waals surface area contributed by atoms with Gasteiger partial charge in [-0.3, -0.25) is 19.4 Å². The van der Waals surface area contributed by atoms with Crippen LogP contribution in [0.1, 0.15) is 22.8 Å². The Labute approximate surface area is 155 Å². The summed E-state index contributed by atoms with van der Waals surface area (Å²) in [5.41, 5.74) is 2.21. The number of para-hydroxylation sites is 1. The maximum Gasteiger partial charge on any atom is 0.300 e. The Morgan fingerprint density at radius 3 is 2.52 bits per heavy atom. The van der Waals surface area contributed by atoms with Crippen LogP contribution in [0, 0.1) is 0 Å². The highest BCUT2D eigenvalue weighted by atomic mass is 79.9. The molecule has 0 bridgehead atoms. The van der Waals surface area contributed by atoms with Gasteiger partial charge in [-0.05, 0) is 59.7 Å². The summed E-state index contributed by atoms with van der Waals surface area (Å²) in [6.45, 7) is 3.59. The number of hydrogen-bond donors (Lipinski definition) is 0. The molecular formula is C19H19BrN2O3. The number of anilines is 1. The van der Waals surface area contributed by atoms with Gasteiger partial charge in [0.25, 0.3) is 5.78 Å². The topological polar surface area (TPSA) is 49.9 Å². The molecule has 1 aliphatic rings. The molecule has 5 nitrogen and oxygen atoms in total. The Hall–Kier alpha value is -2.18. The molecule has 0 N–H and O–H groups in total. The first-order valence-electron chi connectivity index (χ1n) is 8.06. The quantitative estimate of drug-likeness (QED) is 0.694. The van der Waals surface area contributed by atoms with Gasteiger partial charge in [0.05, 0.1) is 24.5 Å². The molecular weight excluding hydrogens is 384 g/mol. The SMILES string of the molecule is CCOc1ccc(CN(C)CN2C(=O)C(=O)c3cccc(Br)c32)cc1. The minimum atomic E-state index is -0.486. The monoisotopic (exact) mass is 402 g/mol. The number of carbonyl (C=O) groups is 2. The van der Waals surface area contributed by atoms with Crippen LogP contribution in [-0.4, -0.2) is 36.9 Å². The van der Waals surface area contributed by atoms with Gasteiger partial charge in [-0.15, -0.1) is 0 Å². The van der Waals surface area contributed by atoms with Crippen molar-refractivity contribution in [1.29, 1.82) is 0 Å². The van der Waals surface area contributed by atoms with Gasteiger partial charge < -0.3 is 4.74 Å². The number of rotatable bonds is 6. The van der Waals surface area contributed by atoms with E-state index in [0.29, 0.717) is 31.1 Å². The number of benzene rings is 2. The van der Waals surface area contributed by atoms with Crippen molar-refractivity contribution in [3.05, 3.63) is 58.1 Å². The van der Waals surface area contributed by atoms with Crippen molar-refractivity contribution < 1.29 is 14.3 Å². The van der Waals surface area contributed by atoms with Crippen LogP contribution in [0.25, 0.3) is 0 Å². The lowest BCUT2D eigenvalue weighted by atomic mass is 10.1. The van der Waals surface area contributed by atoms with Crippen LogP contribution in [0.2, 0.25) is 0 Å². The summed E-state index contributed by atoms with van der Waals surface area (Å²) >= 11 is 3.44. The number of nitrogens with zero attached hydrogens (tertiary/aromatic N) is 2. The zero-order valence-electron chi connectivity index (χ0n) is 14.2. The molecule has 2 aromatic rings. The first kappa shape index (κ1) is 17.6. The van der Waals surface area contributed by atoms with E-state index in [9.17, 15) is 9.59 Å². The molecule has 130 valence electrons. The molecule has 0 radical (unpaired) electrons. The average Bonchev–Trinajstić information content (AvgIpc) is 2.83. The first-order chi connectivity index (χ1) is 12.0. The van der Waals surface area contributed by atoms with Crippen molar-refractivity contribution >= 4 is 33.3 Å². The minimum Gasteiger partial charge on any atom is -0.494 e. The van der Waals surface area contributed by atoms with Crippen molar-refractivity contribution in [1.82, 2.24) is 4.90 Å². The van der Waals surface area contributed by atoms with Crippen LogP contribution in [0.5, 0.6) is 5.75 Å². The Bertz CT molecular complexity index is 805. The third kappa shape index (κ3) is 3.60. The fourth-order valence-corrected chi connectivity index (χ4v) is 3.49. The van der Waals surface area contributed by atoms with Crippen LogP contribution >= 0.6 is 15.9 Å². The van der Waals surface area contributed by atoms with Gasteiger partial charge in [-0.2, -0.15) is 0 Å². The highest BCUT2D eigenvalue weighted by Crippen LogP contribution is 2.35. The average molecular weight is 403 g/mol. The molecule has 0 saturated heterocycles. The Morgan fingerprint density at radius 1 is 1.12 bits per heavy atom. The summed E-state index contributed by atoms with van der Waals surface area (Å²) in [5, 5.41) is 0. The number of Topliss-reactive ketones (excluding diaryl/α,β-unsaturated/α-hetero) is 1. The van der Waals surface area contributed by atoms with E-state index in [1.807, 2.05) is 49.2 Å². The standard InChI is InChI=1S/C19H19BrN2O3/c1-3-25-14-9-7-13(8-10-14)11-21(2)12-22-17-15(18(23)19(22)24)5-4-6-16(17)20/h4-10H,3,11-12H2,1-2H3. The summed E-state index contributed by atoms with van der Waals surface area (Å²) < 4.78 is 6.19. The zero-order valence-corrected chi connectivity index (χ0v) is 15.7. The maximum atomic E-state index is 12.3. The normalized spacial score (nSPS) is 13.5. The Morgan fingerprint density at radius 2 is 1.84 bits per heavy atom. The van der Waals surface area contributed by atoms with Crippen molar-refractivity contribution in [3.63, 3.8) is 0 Å². The summed E-state index contributed by atoms with van der Waals surface area (Å²) in [4.78, 5) is 28.0. The number of amides is 1. The van der Waals surface area contributed by atoms with E-state index >= 15 is 0 Å². The van der Waals surface area contributed by atoms with E-state index in [1.54, 1.807) is 12.1 Å². The molecule has 0 unspecified atom stereocenters. The van der Waals surface area contributed by atoms with Gasteiger partial charge in [-0.1, -0.05) is 18.2 Å². The third-order valence-corrected chi connectivity index (χ3v) is 4.65. The van der Waals surface area contributed by atoms with Crippen molar-refractivity contribution in [2.45, 2.75) is 13.5 Å². The molecule has 0 saturated carbocycles. The van der Waals surface area contributed by atoms with Gasteiger partial charge >= 0.3 is 5.91 Å². The van der Waals surface area contributed by atoms with Crippen LogP contribution in [0.4, 0.5) is 5.69 Å². The second-order valence-electron chi connectivity index (χ2n) is 5.93. The molecule has 1 amide bonds. The predicted molar refractivity (Wildman–Crippen MR) is 99.9 cm³/mol. The van der Waals surface area contributed by atoms with Crippen molar-refractivity contribution in [3.8, 4) is 5.75 Å². The van der Waals surface area contributed by atoms with Gasteiger partial charge in [-0.25, -0.2) is 0 Å². The zero-order chi connectivity index (χ0) is 18.0. The van der Waals surface area contributed by atoms with E-state index in [-0.39, 0.29) is 0 Å². The predicted octanol–water partition coefficient (Wildman–Crippen LogP) is 3.47. The molecule has 1 heterocycles. The van der Waals surface area contributed by atoms with E-state index in [0.717, 1.165) is 15.8 Å². The summed E-state index contributed by atoms with van der Waals surface area (Å²) in [5.74, 6) is -0.0988. The molecule has 0 aliphatic carbocycles. The van der Waals surface area contributed by atoms with Crippen molar-refractivity contribution in [2.75, 3.05) is 25.2 Å². The number of hydrogen-bond acceptors (Lipinski definition) is 4. The first-order valence-corrected chi connectivity index (χ1v) is 8.85. The number of ether oxygens (including phenoxy) is 1. The maximum absolute atomic E-state index is 12.3. The second-order valence-corrected chi connectivity index (χ2v) is 6.79. The number of ketones is 1. The largest absolute Gasteiger partial charge is 0.494 e. The fraction of sp³-hybridized carbons (Fsp3) is 0.263. The number of fused-ring (bicyclic) bond motifs is 1. The minimum absolute atomic E-state index is 0.341. The van der Waals surface area contributed by atoms with Crippen LogP contribution < -0.4 is 9.64 Å². The van der Waals surface area contributed by atoms with E-state index in [4.69, 9.17) is 4.74 Å². The smallest absolute Gasteiger partial charge is 0.300 e. The summed E-state index contributed by atoms with van der Waals surface area (Å²) in [6.07, 6.45) is 0. The van der Waals surface area contributed by atoms with E-state index < -0.39 is 11.7 Å². The van der Waals surface area contributed by atoms with Crippen LogP contribution in [0.3, 0.4) is 0 Å². The molecule has 2 aromatic carbocycles. The molecule has 3 rings (SSSR count). The Balaban J connectivity index is 1.72. The summed E-state index contributed by atoms with van der Waals surface area (Å²) in [7, 11) is 1.92. The molecule has 0 spiro atoms. The van der Waals surface area contributed by atoms with Gasteiger partial charge in [0, 0.05) is 11.0 Å². The second kappa shape index (κ2) is 7.37. The van der Waals surface area contributed by atoms with Crippen LogP contribution in [-0.2, 0) is 11.3 Å².